The third kappa shape index (κ3) is 2.68. The lowest BCUT2D eigenvalue weighted by Crippen LogP contribution is -2.07. The molecule has 1 N–H and O–H groups in total. The summed E-state index contributed by atoms with van der Waals surface area (Å²) in [5.41, 5.74) is 2.44. The number of aryl methyl sites for hydroxylation is 2. The standard InChI is InChI=1S/C14H14BrFN4/c1-3-11-14(15)13(20(2)19-11)8-18-12-6-4-5-10(16)9(12)7-17/h4-6,18H,3,8H2,1-2H3. The van der Waals surface area contributed by atoms with Crippen molar-refractivity contribution in [3.63, 3.8) is 0 Å². The highest BCUT2D eigenvalue weighted by Gasteiger charge is 2.13. The predicted molar refractivity (Wildman–Crippen MR) is 78.7 cm³/mol. The van der Waals surface area contributed by atoms with E-state index in [1.807, 2.05) is 20.0 Å². The van der Waals surface area contributed by atoms with Crippen LogP contribution in [0, 0.1) is 17.1 Å². The second-order valence-electron chi connectivity index (χ2n) is 4.31. The molecule has 0 amide bonds. The van der Waals surface area contributed by atoms with Crippen LogP contribution >= 0.6 is 15.9 Å². The first-order valence-electron chi connectivity index (χ1n) is 6.21. The smallest absolute Gasteiger partial charge is 0.143 e. The first-order valence-corrected chi connectivity index (χ1v) is 7.00. The normalized spacial score (nSPS) is 10.3. The molecular weight excluding hydrogens is 323 g/mol. The van der Waals surface area contributed by atoms with Crippen molar-refractivity contribution in [2.75, 3.05) is 5.32 Å². The van der Waals surface area contributed by atoms with Gasteiger partial charge in [0.15, 0.2) is 0 Å². The number of anilines is 1. The lowest BCUT2D eigenvalue weighted by atomic mass is 10.2. The third-order valence-electron chi connectivity index (χ3n) is 3.07. The summed E-state index contributed by atoms with van der Waals surface area (Å²) in [5, 5.41) is 16.5. The molecule has 2 aromatic rings. The molecule has 0 saturated carbocycles. The molecule has 104 valence electrons. The Hall–Kier alpha value is -1.87. The van der Waals surface area contributed by atoms with E-state index < -0.39 is 5.82 Å². The largest absolute Gasteiger partial charge is 0.378 e. The van der Waals surface area contributed by atoms with Crippen LogP contribution in [0.4, 0.5) is 10.1 Å². The van der Waals surface area contributed by atoms with Gasteiger partial charge in [-0.3, -0.25) is 4.68 Å². The molecule has 0 fully saturated rings. The number of benzene rings is 1. The molecule has 1 heterocycles. The molecule has 0 unspecified atom stereocenters. The maximum absolute atomic E-state index is 13.5. The zero-order valence-corrected chi connectivity index (χ0v) is 12.8. The summed E-state index contributed by atoms with van der Waals surface area (Å²) in [6.45, 7) is 2.49. The minimum atomic E-state index is -0.518. The van der Waals surface area contributed by atoms with Gasteiger partial charge in [0.2, 0.25) is 0 Å². The van der Waals surface area contributed by atoms with E-state index in [2.05, 4.69) is 26.3 Å². The van der Waals surface area contributed by atoms with E-state index in [1.165, 1.54) is 6.07 Å². The maximum Gasteiger partial charge on any atom is 0.143 e. The SMILES string of the molecule is CCc1nn(C)c(CNc2cccc(F)c2C#N)c1Br. The topological polar surface area (TPSA) is 53.6 Å². The highest BCUT2D eigenvalue weighted by atomic mass is 79.9. The second-order valence-corrected chi connectivity index (χ2v) is 5.11. The number of hydrogen-bond acceptors (Lipinski definition) is 3. The Balaban J connectivity index is 2.24. The summed E-state index contributed by atoms with van der Waals surface area (Å²) >= 11 is 3.52. The molecule has 0 aliphatic heterocycles. The van der Waals surface area contributed by atoms with Gasteiger partial charge in [0.05, 0.1) is 28.1 Å². The fraction of sp³-hybridized carbons (Fsp3) is 0.286. The van der Waals surface area contributed by atoms with Crippen LogP contribution in [0.1, 0.15) is 23.9 Å². The van der Waals surface area contributed by atoms with Crippen molar-refractivity contribution in [3.05, 3.63) is 45.4 Å². The summed E-state index contributed by atoms with van der Waals surface area (Å²) < 4.78 is 16.2. The Labute approximate surface area is 125 Å². The number of nitrogens with zero attached hydrogens (tertiary/aromatic N) is 3. The van der Waals surface area contributed by atoms with Crippen molar-refractivity contribution in [1.29, 1.82) is 5.26 Å². The Morgan fingerprint density at radius 1 is 1.50 bits per heavy atom. The number of halogens is 2. The molecule has 0 spiro atoms. The van der Waals surface area contributed by atoms with E-state index >= 15 is 0 Å². The zero-order chi connectivity index (χ0) is 14.7. The Bertz CT molecular complexity index is 673. The van der Waals surface area contributed by atoms with E-state index in [4.69, 9.17) is 5.26 Å². The van der Waals surface area contributed by atoms with Crippen LogP contribution in [0.3, 0.4) is 0 Å². The number of rotatable bonds is 4. The van der Waals surface area contributed by atoms with Crippen LogP contribution in [-0.4, -0.2) is 9.78 Å². The van der Waals surface area contributed by atoms with Gasteiger partial charge in [0.25, 0.3) is 0 Å². The number of aromatic nitrogens is 2. The minimum Gasteiger partial charge on any atom is -0.378 e. The number of nitrogens with one attached hydrogen (secondary N) is 1. The lowest BCUT2D eigenvalue weighted by Gasteiger charge is -2.09. The Morgan fingerprint density at radius 3 is 2.85 bits per heavy atom. The Kier molecular flexibility index (Phi) is 4.40. The average Bonchev–Trinajstić information content (AvgIpc) is 2.71. The number of hydrogen-bond donors (Lipinski definition) is 1. The van der Waals surface area contributed by atoms with E-state index in [0.29, 0.717) is 12.2 Å². The first-order chi connectivity index (χ1) is 9.58. The van der Waals surface area contributed by atoms with Gasteiger partial charge in [0.1, 0.15) is 17.4 Å². The van der Waals surface area contributed by atoms with Crippen LogP contribution in [0.2, 0.25) is 0 Å². The molecule has 2 rings (SSSR count). The monoisotopic (exact) mass is 336 g/mol. The molecule has 20 heavy (non-hydrogen) atoms. The summed E-state index contributed by atoms with van der Waals surface area (Å²) in [6.07, 6.45) is 0.831. The van der Waals surface area contributed by atoms with Crippen LogP contribution in [0.25, 0.3) is 0 Å². The molecule has 4 nitrogen and oxygen atoms in total. The summed E-state index contributed by atoms with van der Waals surface area (Å²) in [7, 11) is 1.86. The molecule has 0 aliphatic carbocycles. The summed E-state index contributed by atoms with van der Waals surface area (Å²) in [6, 6.07) is 6.42. The molecule has 0 atom stereocenters. The van der Waals surface area contributed by atoms with Gasteiger partial charge in [-0.15, -0.1) is 0 Å². The number of nitriles is 1. The van der Waals surface area contributed by atoms with Gasteiger partial charge in [-0.1, -0.05) is 13.0 Å². The van der Waals surface area contributed by atoms with Gasteiger partial charge < -0.3 is 5.32 Å². The maximum atomic E-state index is 13.5. The van der Waals surface area contributed by atoms with Crippen molar-refractivity contribution in [1.82, 2.24) is 9.78 Å². The van der Waals surface area contributed by atoms with Gasteiger partial charge in [-0.2, -0.15) is 10.4 Å². The van der Waals surface area contributed by atoms with E-state index in [1.54, 1.807) is 16.8 Å². The Morgan fingerprint density at radius 2 is 2.25 bits per heavy atom. The van der Waals surface area contributed by atoms with E-state index in [9.17, 15) is 4.39 Å². The van der Waals surface area contributed by atoms with Gasteiger partial charge >= 0.3 is 0 Å². The molecule has 1 aromatic carbocycles. The van der Waals surface area contributed by atoms with Crippen LogP contribution in [0.15, 0.2) is 22.7 Å². The van der Waals surface area contributed by atoms with Gasteiger partial charge in [0, 0.05) is 7.05 Å². The molecule has 6 heteroatoms. The van der Waals surface area contributed by atoms with Crippen LogP contribution in [0.5, 0.6) is 0 Å². The quantitative estimate of drug-likeness (QED) is 0.931. The molecule has 1 aromatic heterocycles. The van der Waals surface area contributed by atoms with E-state index in [0.717, 1.165) is 22.3 Å². The molecule has 0 saturated heterocycles. The first kappa shape index (κ1) is 14.5. The van der Waals surface area contributed by atoms with Crippen LogP contribution < -0.4 is 5.32 Å². The summed E-state index contributed by atoms with van der Waals surface area (Å²) in [5.74, 6) is -0.518. The van der Waals surface area contributed by atoms with Crippen molar-refractivity contribution < 1.29 is 4.39 Å². The predicted octanol–water partition coefficient (Wildman–Crippen LogP) is 3.37. The second kappa shape index (κ2) is 6.06. The van der Waals surface area contributed by atoms with E-state index in [-0.39, 0.29) is 5.56 Å². The molecule has 0 bridgehead atoms. The average molecular weight is 337 g/mol. The van der Waals surface area contributed by atoms with Crippen molar-refractivity contribution in [2.24, 2.45) is 7.05 Å². The fourth-order valence-corrected chi connectivity index (χ4v) is 2.73. The lowest BCUT2D eigenvalue weighted by molar-refractivity contribution is 0.624. The van der Waals surface area contributed by atoms with Crippen molar-refractivity contribution in [2.45, 2.75) is 19.9 Å². The zero-order valence-electron chi connectivity index (χ0n) is 11.2. The van der Waals surface area contributed by atoms with Gasteiger partial charge in [-0.05, 0) is 34.5 Å². The summed E-state index contributed by atoms with van der Waals surface area (Å²) in [4.78, 5) is 0. The fourth-order valence-electron chi connectivity index (χ4n) is 1.98. The van der Waals surface area contributed by atoms with Crippen molar-refractivity contribution >= 4 is 21.6 Å². The highest BCUT2D eigenvalue weighted by molar-refractivity contribution is 9.10. The molecular formula is C14H14BrFN4. The molecule has 0 radical (unpaired) electrons. The van der Waals surface area contributed by atoms with Gasteiger partial charge in [-0.25, -0.2) is 4.39 Å². The van der Waals surface area contributed by atoms with Crippen molar-refractivity contribution in [3.8, 4) is 6.07 Å². The highest BCUT2D eigenvalue weighted by Crippen LogP contribution is 2.24. The van der Waals surface area contributed by atoms with Crippen LogP contribution in [-0.2, 0) is 20.0 Å². The minimum absolute atomic E-state index is 0.0292. The molecule has 0 aliphatic rings. The third-order valence-corrected chi connectivity index (χ3v) is 3.99.